The number of carbonyl (C=O) groups excluding carboxylic acids is 3. The Morgan fingerprint density at radius 1 is 1.24 bits per heavy atom. The summed E-state index contributed by atoms with van der Waals surface area (Å²) in [7, 11) is 0. The first-order valence-corrected chi connectivity index (χ1v) is 10.9. The second-order valence-electron chi connectivity index (χ2n) is 8.45. The minimum atomic E-state index is -1.20. The van der Waals surface area contributed by atoms with Gasteiger partial charge in [0.1, 0.15) is 18.2 Å². The highest BCUT2D eigenvalue weighted by atomic mass is 35.5. The molecule has 8 heteroatoms. The molecule has 34 heavy (non-hydrogen) atoms. The van der Waals surface area contributed by atoms with Crippen LogP contribution in [0.4, 0.5) is 10.5 Å². The summed E-state index contributed by atoms with van der Waals surface area (Å²) >= 11 is 6.28. The molecule has 3 amide bonds. The highest BCUT2D eigenvalue weighted by molar-refractivity contribution is 6.34. The van der Waals surface area contributed by atoms with Crippen molar-refractivity contribution in [3.63, 3.8) is 0 Å². The van der Waals surface area contributed by atoms with Gasteiger partial charge in [0.2, 0.25) is 0 Å². The number of hydrogen-bond acceptors (Lipinski definition) is 4. The van der Waals surface area contributed by atoms with Gasteiger partial charge in [-0.3, -0.25) is 14.5 Å². The first-order valence-electron chi connectivity index (χ1n) is 10.5. The van der Waals surface area contributed by atoms with Crippen LogP contribution < -0.4 is 10.6 Å². The Morgan fingerprint density at radius 3 is 2.50 bits per heavy atom. The van der Waals surface area contributed by atoms with E-state index in [4.69, 9.17) is 22.8 Å². The summed E-state index contributed by atoms with van der Waals surface area (Å²) < 4.78 is 5.15. The summed E-state index contributed by atoms with van der Waals surface area (Å²) in [5.74, 6) is -1.24. The quantitative estimate of drug-likeness (QED) is 0.434. The molecule has 0 saturated heterocycles. The molecule has 2 N–H and O–H groups in total. The van der Waals surface area contributed by atoms with Crippen molar-refractivity contribution in [2.24, 2.45) is 0 Å². The zero-order valence-corrected chi connectivity index (χ0v) is 20.4. The molecule has 7 nitrogen and oxygen atoms in total. The smallest absolute Gasteiger partial charge is 0.408 e. The predicted octanol–water partition coefficient (Wildman–Crippen LogP) is 4.92. The Hall–Kier alpha value is -3.76. The molecule has 0 aliphatic heterocycles. The standard InChI is InChI=1S/C26H28ClN3O4/c1-7-18-12-10-13-19(15-18)23(24(32)29-22-17(3)11-9-14-20(22)27)30(8-2)21(31)16-28-25(33)34-26(4,5)6/h2,7,9-15,23H,1,16H2,3-6H3,(H,28,33)(H,29,32). The van der Waals surface area contributed by atoms with Crippen molar-refractivity contribution in [1.82, 2.24) is 10.2 Å². The normalized spacial score (nSPS) is 11.5. The Kier molecular flexibility index (Phi) is 8.88. The van der Waals surface area contributed by atoms with Gasteiger partial charge in [-0.2, -0.15) is 0 Å². The lowest BCUT2D eigenvalue weighted by atomic mass is 10.0. The molecule has 1 atom stereocenters. The Morgan fingerprint density at radius 2 is 1.91 bits per heavy atom. The van der Waals surface area contributed by atoms with Gasteiger partial charge in [-0.15, -0.1) is 0 Å². The second-order valence-corrected chi connectivity index (χ2v) is 8.85. The van der Waals surface area contributed by atoms with Crippen LogP contribution in [0, 0.1) is 19.4 Å². The zero-order valence-electron chi connectivity index (χ0n) is 19.6. The summed E-state index contributed by atoms with van der Waals surface area (Å²) in [6.45, 7) is 10.2. The van der Waals surface area contributed by atoms with Crippen molar-refractivity contribution in [3.8, 4) is 12.5 Å². The first-order chi connectivity index (χ1) is 16.0. The van der Waals surface area contributed by atoms with Crippen LogP contribution in [0.15, 0.2) is 49.0 Å². The Bertz CT molecular complexity index is 1110. The van der Waals surface area contributed by atoms with E-state index >= 15 is 0 Å². The van der Waals surface area contributed by atoms with E-state index in [0.29, 0.717) is 16.3 Å². The molecule has 0 aromatic heterocycles. The van der Waals surface area contributed by atoms with Gasteiger partial charge in [0.15, 0.2) is 0 Å². The number of halogens is 1. The van der Waals surface area contributed by atoms with Crippen molar-refractivity contribution in [1.29, 1.82) is 0 Å². The number of benzene rings is 2. The fourth-order valence-electron chi connectivity index (χ4n) is 3.09. The molecule has 0 heterocycles. The van der Waals surface area contributed by atoms with Crippen molar-refractivity contribution in [2.75, 3.05) is 11.9 Å². The topological polar surface area (TPSA) is 87.7 Å². The lowest BCUT2D eigenvalue weighted by molar-refractivity contribution is -0.134. The Labute approximate surface area is 205 Å². The average Bonchev–Trinajstić information content (AvgIpc) is 2.77. The van der Waals surface area contributed by atoms with E-state index in [1.54, 1.807) is 76.2 Å². The number of nitrogens with zero attached hydrogens (tertiary/aromatic N) is 1. The molecule has 2 aromatic carbocycles. The predicted molar refractivity (Wildman–Crippen MR) is 134 cm³/mol. The zero-order chi connectivity index (χ0) is 25.5. The van der Waals surface area contributed by atoms with Crippen LogP contribution in [0.25, 0.3) is 6.08 Å². The number of ether oxygens (including phenoxy) is 1. The van der Waals surface area contributed by atoms with Gasteiger partial charge in [-0.25, -0.2) is 4.79 Å². The van der Waals surface area contributed by atoms with Crippen LogP contribution in [-0.4, -0.2) is 35.0 Å². The second kappa shape index (κ2) is 11.4. The lowest BCUT2D eigenvalue weighted by Gasteiger charge is -2.27. The maximum atomic E-state index is 13.5. The average molecular weight is 482 g/mol. The minimum Gasteiger partial charge on any atom is -0.444 e. The number of rotatable bonds is 7. The fourth-order valence-corrected chi connectivity index (χ4v) is 3.36. The fraction of sp³-hybridized carbons (Fsp3) is 0.269. The van der Waals surface area contributed by atoms with Crippen molar-refractivity contribution in [2.45, 2.75) is 39.3 Å². The maximum Gasteiger partial charge on any atom is 0.408 e. The molecule has 2 aromatic rings. The molecule has 0 aliphatic carbocycles. The highest BCUT2D eigenvalue weighted by Gasteiger charge is 2.32. The van der Waals surface area contributed by atoms with Gasteiger partial charge in [-0.05, 0) is 56.5 Å². The molecule has 0 radical (unpaired) electrons. The number of nitrogens with one attached hydrogen (secondary N) is 2. The minimum absolute atomic E-state index is 0.345. The number of anilines is 1. The van der Waals surface area contributed by atoms with Crippen LogP contribution in [0.1, 0.15) is 43.5 Å². The largest absolute Gasteiger partial charge is 0.444 e. The van der Waals surface area contributed by atoms with E-state index in [1.165, 1.54) is 0 Å². The van der Waals surface area contributed by atoms with Crippen LogP contribution in [0.2, 0.25) is 5.02 Å². The van der Waals surface area contributed by atoms with E-state index in [0.717, 1.165) is 16.0 Å². The van der Waals surface area contributed by atoms with E-state index in [9.17, 15) is 14.4 Å². The van der Waals surface area contributed by atoms with Gasteiger partial charge >= 0.3 is 6.09 Å². The van der Waals surface area contributed by atoms with Crippen molar-refractivity contribution < 1.29 is 19.1 Å². The SMILES string of the molecule is C#CN(C(=O)CNC(=O)OC(C)(C)C)C(C(=O)Nc1c(C)cccc1Cl)c1cccc(C=C)c1. The summed E-state index contributed by atoms with van der Waals surface area (Å²) in [5, 5.41) is 5.50. The van der Waals surface area contributed by atoms with Gasteiger partial charge in [0.05, 0.1) is 10.7 Å². The molecule has 2 rings (SSSR count). The summed E-state index contributed by atoms with van der Waals surface area (Å²) in [6, 6.07) is 13.2. The number of para-hydroxylation sites is 1. The number of terminal acetylenes is 1. The van der Waals surface area contributed by atoms with Crippen LogP contribution in [0.3, 0.4) is 0 Å². The summed E-state index contributed by atoms with van der Waals surface area (Å²) in [6.07, 6.45) is 6.50. The van der Waals surface area contributed by atoms with Crippen molar-refractivity contribution in [3.05, 3.63) is 70.8 Å². The molecule has 0 fully saturated rings. The summed E-state index contributed by atoms with van der Waals surface area (Å²) in [5.41, 5.74) is 1.61. The molecular formula is C26H28ClN3O4. The Balaban J connectivity index is 2.38. The third kappa shape index (κ3) is 7.12. The molecular weight excluding hydrogens is 454 g/mol. The monoisotopic (exact) mass is 481 g/mol. The van der Waals surface area contributed by atoms with E-state index < -0.39 is 36.1 Å². The van der Waals surface area contributed by atoms with Gasteiger partial charge in [0.25, 0.3) is 11.8 Å². The van der Waals surface area contributed by atoms with E-state index in [1.807, 2.05) is 0 Å². The van der Waals surface area contributed by atoms with Gasteiger partial charge in [-0.1, -0.05) is 61.0 Å². The number of hydrogen-bond donors (Lipinski definition) is 2. The van der Waals surface area contributed by atoms with Crippen LogP contribution in [-0.2, 0) is 14.3 Å². The lowest BCUT2D eigenvalue weighted by Crippen LogP contribution is -2.44. The third-order valence-corrected chi connectivity index (χ3v) is 4.94. The first kappa shape index (κ1) is 26.5. The number of carbonyl (C=O) groups is 3. The molecule has 0 spiro atoms. The molecule has 178 valence electrons. The number of alkyl carbamates (subject to hydrolysis) is 1. The third-order valence-electron chi connectivity index (χ3n) is 4.63. The molecule has 0 saturated carbocycles. The van der Waals surface area contributed by atoms with E-state index in [2.05, 4.69) is 23.3 Å². The van der Waals surface area contributed by atoms with E-state index in [-0.39, 0.29) is 0 Å². The van der Waals surface area contributed by atoms with Crippen molar-refractivity contribution >= 4 is 41.3 Å². The van der Waals surface area contributed by atoms with Gasteiger partial charge < -0.3 is 15.4 Å². The molecule has 1 unspecified atom stereocenters. The number of aryl methyl sites for hydroxylation is 1. The molecule has 0 aliphatic rings. The highest BCUT2D eigenvalue weighted by Crippen LogP contribution is 2.29. The molecule has 0 bridgehead atoms. The number of amides is 3. The van der Waals surface area contributed by atoms with Gasteiger partial charge in [0, 0.05) is 6.04 Å². The summed E-state index contributed by atoms with van der Waals surface area (Å²) in [4.78, 5) is 39.4. The van der Waals surface area contributed by atoms with Crippen LogP contribution >= 0.6 is 11.6 Å². The van der Waals surface area contributed by atoms with Crippen LogP contribution in [0.5, 0.6) is 0 Å². The maximum absolute atomic E-state index is 13.5.